The van der Waals surface area contributed by atoms with Crippen LogP contribution in [0.25, 0.3) is 11.5 Å². The maximum Gasteiger partial charge on any atom is 0.247 e. The molecule has 2 aromatic rings. The topological polar surface area (TPSA) is 60.2 Å². The fourth-order valence-corrected chi connectivity index (χ4v) is 1.47. The van der Waals surface area contributed by atoms with E-state index in [1.54, 1.807) is 6.07 Å². The number of ether oxygens (including phenoxy) is 1. The molecule has 1 aromatic heterocycles. The minimum atomic E-state index is -0.423. The van der Waals surface area contributed by atoms with Gasteiger partial charge in [0.05, 0.1) is 13.7 Å². The fraction of sp³-hybridized carbons (Fsp3) is 0.333. The summed E-state index contributed by atoms with van der Waals surface area (Å²) in [5.41, 5.74) is 0.628. The SMILES string of the molecule is CCNCc1nnc(-c2ccc(F)c(OC)c2)o1. The van der Waals surface area contributed by atoms with Gasteiger partial charge in [-0.1, -0.05) is 6.92 Å². The van der Waals surface area contributed by atoms with Gasteiger partial charge in [0.2, 0.25) is 11.8 Å². The van der Waals surface area contributed by atoms with Crippen molar-refractivity contribution in [3.63, 3.8) is 0 Å². The molecule has 1 heterocycles. The minimum Gasteiger partial charge on any atom is -0.494 e. The number of hydrogen-bond acceptors (Lipinski definition) is 5. The fourth-order valence-electron chi connectivity index (χ4n) is 1.47. The third-order valence-corrected chi connectivity index (χ3v) is 2.39. The van der Waals surface area contributed by atoms with Crippen molar-refractivity contribution in [2.45, 2.75) is 13.5 Å². The van der Waals surface area contributed by atoms with Gasteiger partial charge in [0.15, 0.2) is 11.6 Å². The van der Waals surface area contributed by atoms with Crippen LogP contribution >= 0.6 is 0 Å². The molecule has 2 rings (SSSR count). The van der Waals surface area contributed by atoms with Crippen molar-refractivity contribution in [3.05, 3.63) is 29.9 Å². The van der Waals surface area contributed by atoms with Crippen LogP contribution in [0.4, 0.5) is 4.39 Å². The molecule has 0 radical (unpaired) electrons. The van der Waals surface area contributed by atoms with E-state index in [4.69, 9.17) is 9.15 Å². The number of aromatic nitrogens is 2. The van der Waals surface area contributed by atoms with Crippen molar-refractivity contribution in [2.24, 2.45) is 0 Å². The molecule has 0 aliphatic rings. The summed E-state index contributed by atoms with van der Waals surface area (Å²) >= 11 is 0. The summed E-state index contributed by atoms with van der Waals surface area (Å²) in [5.74, 6) is 0.573. The number of methoxy groups -OCH3 is 1. The highest BCUT2D eigenvalue weighted by Gasteiger charge is 2.11. The van der Waals surface area contributed by atoms with E-state index in [1.807, 2.05) is 6.92 Å². The minimum absolute atomic E-state index is 0.152. The van der Waals surface area contributed by atoms with Crippen molar-refractivity contribution in [3.8, 4) is 17.2 Å². The summed E-state index contributed by atoms with van der Waals surface area (Å²) in [6, 6.07) is 4.41. The first-order chi connectivity index (χ1) is 8.74. The standard InChI is InChI=1S/C12H14FN3O2/c1-3-14-7-11-15-16-12(18-11)8-4-5-9(13)10(6-8)17-2/h4-6,14H,3,7H2,1-2H3. The molecule has 0 atom stereocenters. The molecule has 18 heavy (non-hydrogen) atoms. The largest absolute Gasteiger partial charge is 0.494 e. The Balaban J connectivity index is 2.23. The molecular weight excluding hydrogens is 237 g/mol. The zero-order valence-electron chi connectivity index (χ0n) is 10.2. The van der Waals surface area contributed by atoms with Crippen LogP contribution in [0.3, 0.4) is 0 Å². The van der Waals surface area contributed by atoms with Crippen LogP contribution < -0.4 is 10.1 Å². The maximum absolute atomic E-state index is 13.3. The molecule has 0 unspecified atom stereocenters. The van der Waals surface area contributed by atoms with Crippen LogP contribution in [0.2, 0.25) is 0 Å². The Labute approximate surface area is 104 Å². The van der Waals surface area contributed by atoms with Crippen LogP contribution in [0.1, 0.15) is 12.8 Å². The Hall–Kier alpha value is -1.95. The molecule has 0 amide bonds. The van der Waals surface area contributed by atoms with Gasteiger partial charge in [-0.15, -0.1) is 10.2 Å². The summed E-state index contributed by atoms with van der Waals surface area (Å²) < 4.78 is 23.6. The van der Waals surface area contributed by atoms with Crippen molar-refractivity contribution < 1.29 is 13.5 Å². The average molecular weight is 251 g/mol. The molecule has 0 saturated heterocycles. The van der Waals surface area contributed by atoms with Crippen molar-refractivity contribution >= 4 is 0 Å². The molecule has 6 heteroatoms. The average Bonchev–Trinajstić information content (AvgIpc) is 2.85. The quantitative estimate of drug-likeness (QED) is 0.880. The van der Waals surface area contributed by atoms with Crippen molar-refractivity contribution in [1.82, 2.24) is 15.5 Å². The smallest absolute Gasteiger partial charge is 0.247 e. The second kappa shape index (κ2) is 5.59. The van der Waals surface area contributed by atoms with Crippen LogP contribution in [-0.2, 0) is 6.54 Å². The van der Waals surface area contributed by atoms with Gasteiger partial charge in [-0.05, 0) is 24.7 Å². The van der Waals surface area contributed by atoms with Gasteiger partial charge in [-0.3, -0.25) is 0 Å². The Bertz CT molecular complexity index is 528. The Morgan fingerprint density at radius 3 is 2.94 bits per heavy atom. The highest BCUT2D eigenvalue weighted by Crippen LogP contribution is 2.25. The maximum atomic E-state index is 13.3. The van der Waals surface area contributed by atoms with E-state index in [2.05, 4.69) is 15.5 Å². The van der Waals surface area contributed by atoms with E-state index in [0.29, 0.717) is 23.9 Å². The number of nitrogens with one attached hydrogen (secondary N) is 1. The van der Waals surface area contributed by atoms with E-state index in [0.717, 1.165) is 6.54 Å². The normalized spacial score (nSPS) is 10.6. The second-order valence-electron chi connectivity index (χ2n) is 3.63. The molecule has 5 nitrogen and oxygen atoms in total. The van der Waals surface area contributed by atoms with Gasteiger partial charge in [0, 0.05) is 5.56 Å². The third kappa shape index (κ3) is 2.65. The van der Waals surface area contributed by atoms with Crippen LogP contribution in [0.15, 0.2) is 22.6 Å². The molecule has 0 aliphatic heterocycles. The van der Waals surface area contributed by atoms with Crippen molar-refractivity contribution in [1.29, 1.82) is 0 Å². The van der Waals surface area contributed by atoms with E-state index in [-0.39, 0.29) is 5.75 Å². The first-order valence-electron chi connectivity index (χ1n) is 5.61. The number of benzene rings is 1. The summed E-state index contributed by atoms with van der Waals surface area (Å²) in [5, 5.41) is 10.9. The molecule has 96 valence electrons. The molecule has 0 bridgehead atoms. The molecule has 1 N–H and O–H groups in total. The summed E-state index contributed by atoms with van der Waals surface area (Å²) in [6.45, 7) is 3.33. The van der Waals surface area contributed by atoms with Gasteiger partial charge < -0.3 is 14.5 Å². The van der Waals surface area contributed by atoms with Gasteiger partial charge in [-0.25, -0.2) is 4.39 Å². The predicted molar refractivity (Wildman–Crippen MR) is 63.6 cm³/mol. The highest BCUT2D eigenvalue weighted by atomic mass is 19.1. The summed E-state index contributed by atoms with van der Waals surface area (Å²) in [4.78, 5) is 0. The lowest BCUT2D eigenvalue weighted by Gasteiger charge is -2.02. The monoisotopic (exact) mass is 251 g/mol. The van der Waals surface area contributed by atoms with Gasteiger partial charge in [0.25, 0.3) is 0 Å². The Kier molecular flexibility index (Phi) is 3.88. The van der Waals surface area contributed by atoms with Gasteiger partial charge in [-0.2, -0.15) is 0 Å². The highest BCUT2D eigenvalue weighted by molar-refractivity contribution is 5.55. The van der Waals surface area contributed by atoms with Crippen molar-refractivity contribution in [2.75, 3.05) is 13.7 Å². The van der Waals surface area contributed by atoms with E-state index >= 15 is 0 Å². The molecule has 0 fully saturated rings. The Morgan fingerprint density at radius 1 is 1.39 bits per heavy atom. The van der Waals surface area contributed by atoms with E-state index in [1.165, 1.54) is 19.2 Å². The Morgan fingerprint density at radius 2 is 2.22 bits per heavy atom. The third-order valence-electron chi connectivity index (χ3n) is 2.39. The zero-order chi connectivity index (χ0) is 13.0. The molecular formula is C12H14FN3O2. The molecule has 0 aliphatic carbocycles. The lowest BCUT2D eigenvalue weighted by Crippen LogP contribution is -2.11. The second-order valence-corrected chi connectivity index (χ2v) is 3.63. The first-order valence-corrected chi connectivity index (χ1v) is 5.61. The zero-order valence-corrected chi connectivity index (χ0v) is 10.2. The lowest BCUT2D eigenvalue weighted by atomic mass is 10.2. The van der Waals surface area contributed by atoms with Gasteiger partial charge in [0.1, 0.15) is 0 Å². The predicted octanol–water partition coefficient (Wildman–Crippen LogP) is 1.99. The number of halogens is 1. The number of rotatable bonds is 5. The van der Waals surface area contributed by atoms with E-state index < -0.39 is 5.82 Å². The lowest BCUT2D eigenvalue weighted by molar-refractivity contribution is 0.386. The molecule has 0 saturated carbocycles. The number of hydrogen-bond donors (Lipinski definition) is 1. The van der Waals surface area contributed by atoms with Crippen LogP contribution in [0, 0.1) is 5.82 Å². The molecule has 1 aromatic carbocycles. The van der Waals surface area contributed by atoms with Crippen LogP contribution in [-0.4, -0.2) is 23.9 Å². The summed E-state index contributed by atoms with van der Waals surface area (Å²) in [6.07, 6.45) is 0. The summed E-state index contributed by atoms with van der Waals surface area (Å²) in [7, 11) is 1.41. The first kappa shape index (κ1) is 12.5. The van der Waals surface area contributed by atoms with Crippen LogP contribution in [0.5, 0.6) is 5.75 Å². The van der Waals surface area contributed by atoms with E-state index in [9.17, 15) is 4.39 Å². The molecule has 0 spiro atoms. The number of nitrogens with zero attached hydrogens (tertiary/aromatic N) is 2. The van der Waals surface area contributed by atoms with Gasteiger partial charge >= 0.3 is 0 Å².